The van der Waals surface area contributed by atoms with Crippen LogP contribution in [0.1, 0.15) is 253 Å². The van der Waals surface area contributed by atoms with Crippen molar-refractivity contribution in [2.45, 2.75) is 265 Å². The van der Waals surface area contributed by atoms with E-state index in [-0.39, 0.29) is 11.3 Å². The highest BCUT2D eigenvalue weighted by molar-refractivity contribution is 8.13. The molecule has 1 N–H and O–H groups in total. The number of carbonyl (C=O) groups excluding carboxylic acids is 1. The topological polar surface area (TPSA) is 56.8 Å². The van der Waals surface area contributed by atoms with Gasteiger partial charge in [-0.05, 0) is 39.7 Å². The number of rotatable bonds is 44. The standard InChI is InChI=1S/C49H97NO4S/c1-7-9-11-13-15-17-19-21-23-25-26-28-30-32-34-36-38-40-47(44-55-48(51)50-45-49(4,5)54-43-41-46(3)52-6)53-42-39-37-35-33-31-29-27-24-22-20-18-16-14-12-10-8-2/h41,47H,7-40,42-45H2,1-6H3,(H,50,51)/b46-41+. The van der Waals surface area contributed by atoms with E-state index in [1.165, 1.54) is 217 Å². The maximum Gasteiger partial charge on any atom is 0.279 e. The zero-order valence-corrected chi connectivity index (χ0v) is 38.9. The van der Waals surface area contributed by atoms with Crippen LogP contribution in [0, 0.1) is 0 Å². The minimum absolute atomic E-state index is 0.0127. The predicted octanol–water partition coefficient (Wildman–Crippen LogP) is 16.5. The van der Waals surface area contributed by atoms with Crippen molar-refractivity contribution >= 4 is 17.0 Å². The van der Waals surface area contributed by atoms with Gasteiger partial charge in [0, 0.05) is 18.9 Å². The molecule has 1 unspecified atom stereocenters. The molecule has 0 aromatic carbocycles. The lowest BCUT2D eigenvalue weighted by atomic mass is 10.0. The maximum atomic E-state index is 12.8. The van der Waals surface area contributed by atoms with E-state index in [1.54, 1.807) is 7.11 Å². The zero-order valence-electron chi connectivity index (χ0n) is 38.1. The molecule has 1 atom stereocenters. The second-order valence-corrected chi connectivity index (χ2v) is 18.3. The molecule has 55 heavy (non-hydrogen) atoms. The SMILES string of the molecule is CCCCCCCCCCCCCCCCCCCC(CSC(=O)NCC(C)(C)OC/C=C(\C)OC)OCCCCCCCCCCCCCCCCCC. The van der Waals surface area contributed by atoms with Crippen molar-refractivity contribution in [3.05, 3.63) is 11.8 Å². The van der Waals surface area contributed by atoms with Crippen molar-refractivity contribution in [2.75, 3.05) is 32.6 Å². The van der Waals surface area contributed by atoms with Gasteiger partial charge in [0.2, 0.25) is 0 Å². The number of carbonyl (C=O) groups is 1. The van der Waals surface area contributed by atoms with Crippen molar-refractivity contribution in [3.63, 3.8) is 0 Å². The average Bonchev–Trinajstić information content (AvgIpc) is 3.18. The Kier molecular flexibility index (Phi) is 42.3. The van der Waals surface area contributed by atoms with Gasteiger partial charge in [-0.15, -0.1) is 0 Å². The fourth-order valence-electron chi connectivity index (χ4n) is 7.24. The Labute approximate surface area is 349 Å². The van der Waals surface area contributed by atoms with Gasteiger partial charge in [0.15, 0.2) is 0 Å². The molecule has 0 aromatic rings. The Bertz CT molecular complexity index is 781. The van der Waals surface area contributed by atoms with Crippen LogP contribution in [0.25, 0.3) is 0 Å². The summed E-state index contributed by atoms with van der Waals surface area (Å²) in [6, 6.07) is 0. The second-order valence-electron chi connectivity index (χ2n) is 17.3. The first kappa shape index (κ1) is 54.3. The van der Waals surface area contributed by atoms with E-state index in [2.05, 4.69) is 19.2 Å². The number of allylic oxidation sites excluding steroid dienone is 1. The quantitative estimate of drug-likeness (QED) is 0.0492. The number of methoxy groups -OCH3 is 1. The highest BCUT2D eigenvalue weighted by atomic mass is 32.2. The molecule has 5 nitrogen and oxygen atoms in total. The van der Waals surface area contributed by atoms with Gasteiger partial charge in [0.05, 0.1) is 31.2 Å². The third-order valence-corrected chi connectivity index (χ3v) is 12.2. The van der Waals surface area contributed by atoms with Gasteiger partial charge in [-0.25, -0.2) is 0 Å². The summed E-state index contributed by atoms with van der Waals surface area (Å²) in [5, 5.41) is 3.09. The summed E-state index contributed by atoms with van der Waals surface area (Å²) in [6.45, 7) is 12.3. The Morgan fingerprint density at radius 3 is 1.33 bits per heavy atom. The number of hydrogen-bond acceptors (Lipinski definition) is 5. The van der Waals surface area contributed by atoms with Crippen LogP contribution in [0.4, 0.5) is 4.79 Å². The molecule has 0 saturated heterocycles. The highest BCUT2D eigenvalue weighted by Crippen LogP contribution is 2.19. The zero-order chi connectivity index (χ0) is 40.3. The van der Waals surface area contributed by atoms with E-state index in [0.29, 0.717) is 13.2 Å². The number of unbranched alkanes of at least 4 members (excludes halogenated alkanes) is 31. The highest BCUT2D eigenvalue weighted by Gasteiger charge is 2.20. The van der Waals surface area contributed by atoms with Crippen LogP contribution >= 0.6 is 11.8 Å². The molecular weight excluding hydrogens is 699 g/mol. The van der Waals surface area contributed by atoms with Gasteiger partial charge in [0.25, 0.3) is 5.24 Å². The van der Waals surface area contributed by atoms with Crippen molar-refractivity contribution in [1.29, 1.82) is 0 Å². The normalized spacial score (nSPS) is 12.7. The Balaban J connectivity index is 4.21. The first-order chi connectivity index (χ1) is 26.8. The summed E-state index contributed by atoms with van der Waals surface area (Å²) in [6.07, 6.45) is 48.9. The third-order valence-electron chi connectivity index (χ3n) is 11.2. The minimum atomic E-state index is -0.447. The molecule has 1 amide bonds. The molecule has 0 saturated carbocycles. The number of amides is 1. The molecule has 0 fully saturated rings. The summed E-state index contributed by atoms with van der Waals surface area (Å²) >= 11 is 1.37. The van der Waals surface area contributed by atoms with E-state index >= 15 is 0 Å². The van der Waals surface area contributed by atoms with Gasteiger partial charge >= 0.3 is 0 Å². The Morgan fingerprint density at radius 2 is 0.945 bits per heavy atom. The van der Waals surface area contributed by atoms with E-state index < -0.39 is 5.60 Å². The minimum Gasteiger partial charge on any atom is -0.502 e. The van der Waals surface area contributed by atoms with E-state index in [1.807, 2.05) is 26.8 Å². The van der Waals surface area contributed by atoms with Gasteiger partial charge in [-0.3, -0.25) is 4.79 Å². The summed E-state index contributed by atoms with van der Waals surface area (Å²) in [5.74, 6) is 1.56. The van der Waals surface area contributed by atoms with E-state index in [0.717, 1.165) is 31.0 Å². The molecule has 0 bridgehead atoms. The predicted molar refractivity (Wildman–Crippen MR) is 245 cm³/mol. The van der Waals surface area contributed by atoms with Crippen LogP contribution in [-0.2, 0) is 14.2 Å². The molecule has 6 heteroatoms. The molecule has 0 heterocycles. The maximum absolute atomic E-state index is 12.8. The number of hydrogen-bond donors (Lipinski definition) is 1. The van der Waals surface area contributed by atoms with Gasteiger partial charge < -0.3 is 19.5 Å². The smallest absolute Gasteiger partial charge is 0.279 e. The summed E-state index contributed by atoms with van der Waals surface area (Å²) in [4.78, 5) is 12.8. The summed E-state index contributed by atoms with van der Waals surface area (Å²) in [5.41, 5.74) is -0.447. The van der Waals surface area contributed by atoms with Crippen LogP contribution < -0.4 is 5.32 Å². The molecule has 0 aliphatic carbocycles. The van der Waals surface area contributed by atoms with Crippen molar-refractivity contribution < 1.29 is 19.0 Å². The first-order valence-corrected chi connectivity index (χ1v) is 25.2. The van der Waals surface area contributed by atoms with Crippen LogP contribution in [0.2, 0.25) is 0 Å². The van der Waals surface area contributed by atoms with Gasteiger partial charge in [0.1, 0.15) is 0 Å². The molecule has 0 aliphatic heterocycles. The molecule has 0 radical (unpaired) electrons. The first-order valence-electron chi connectivity index (χ1n) is 24.2. The number of ether oxygens (including phenoxy) is 3. The van der Waals surface area contributed by atoms with Crippen LogP contribution in [0.15, 0.2) is 11.8 Å². The average molecular weight is 796 g/mol. The fraction of sp³-hybridized carbons (Fsp3) is 0.939. The van der Waals surface area contributed by atoms with E-state index in [4.69, 9.17) is 14.2 Å². The lowest BCUT2D eigenvalue weighted by Gasteiger charge is -2.25. The lowest BCUT2D eigenvalue weighted by molar-refractivity contribution is 0.00167. The molecule has 0 rings (SSSR count). The van der Waals surface area contributed by atoms with Crippen molar-refractivity contribution in [1.82, 2.24) is 5.32 Å². The van der Waals surface area contributed by atoms with Crippen LogP contribution in [-0.4, -0.2) is 49.6 Å². The fourth-order valence-corrected chi connectivity index (χ4v) is 8.01. The summed E-state index contributed by atoms with van der Waals surface area (Å²) in [7, 11) is 1.66. The van der Waals surface area contributed by atoms with Crippen molar-refractivity contribution in [3.8, 4) is 0 Å². The Morgan fingerprint density at radius 1 is 0.582 bits per heavy atom. The van der Waals surface area contributed by atoms with E-state index in [9.17, 15) is 4.79 Å². The summed E-state index contributed by atoms with van der Waals surface area (Å²) < 4.78 is 17.6. The van der Waals surface area contributed by atoms with Crippen LogP contribution in [0.3, 0.4) is 0 Å². The molecule has 0 aromatic heterocycles. The molecular formula is C49H97NO4S. The second kappa shape index (κ2) is 42.9. The monoisotopic (exact) mass is 796 g/mol. The lowest BCUT2D eigenvalue weighted by Crippen LogP contribution is -2.39. The largest absolute Gasteiger partial charge is 0.502 e. The Hall–Kier alpha value is -0.720. The number of thioether (sulfide) groups is 1. The third kappa shape index (κ3) is 42.7. The number of nitrogens with one attached hydrogen (secondary N) is 1. The van der Waals surface area contributed by atoms with Gasteiger partial charge in [-0.2, -0.15) is 0 Å². The van der Waals surface area contributed by atoms with Gasteiger partial charge in [-0.1, -0.05) is 231 Å². The molecule has 0 spiro atoms. The molecule has 328 valence electrons. The molecule has 0 aliphatic rings. The van der Waals surface area contributed by atoms with Crippen LogP contribution in [0.5, 0.6) is 0 Å². The van der Waals surface area contributed by atoms with Crippen molar-refractivity contribution in [2.24, 2.45) is 0 Å².